The van der Waals surface area contributed by atoms with Gasteiger partial charge in [0.15, 0.2) is 0 Å². The number of nitrogens with zero attached hydrogens (tertiary/aromatic N) is 2. The molecule has 1 amide bonds. The van der Waals surface area contributed by atoms with Crippen molar-refractivity contribution in [2.75, 3.05) is 45.5 Å². The highest BCUT2D eigenvalue weighted by atomic mass is 32.2. The van der Waals surface area contributed by atoms with E-state index in [4.69, 9.17) is 0 Å². The summed E-state index contributed by atoms with van der Waals surface area (Å²) in [6, 6.07) is 5.66. The van der Waals surface area contributed by atoms with Crippen LogP contribution >= 0.6 is 0 Å². The zero-order valence-corrected chi connectivity index (χ0v) is 14.0. The molecule has 1 aromatic carbocycles. The van der Waals surface area contributed by atoms with Crippen molar-refractivity contribution in [1.82, 2.24) is 14.5 Å². The van der Waals surface area contributed by atoms with Gasteiger partial charge in [-0.25, -0.2) is 12.8 Å². The maximum Gasteiger partial charge on any atom is 0.224 e. The van der Waals surface area contributed by atoms with Crippen molar-refractivity contribution < 1.29 is 17.6 Å². The van der Waals surface area contributed by atoms with Gasteiger partial charge in [0.2, 0.25) is 15.9 Å². The molecule has 1 aliphatic rings. The number of piperazine rings is 1. The van der Waals surface area contributed by atoms with Crippen molar-refractivity contribution >= 4 is 15.9 Å². The van der Waals surface area contributed by atoms with Gasteiger partial charge in [0.1, 0.15) is 5.82 Å². The first-order valence-electron chi connectivity index (χ1n) is 7.54. The number of halogens is 1. The topological polar surface area (TPSA) is 69.7 Å². The largest absolute Gasteiger partial charge is 0.355 e. The molecular weight excluding hydrogens is 321 g/mol. The highest BCUT2D eigenvalue weighted by Gasteiger charge is 2.25. The minimum absolute atomic E-state index is 0.0781. The summed E-state index contributed by atoms with van der Waals surface area (Å²) < 4.78 is 38.6. The molecule has 1 saturated heterocycles. The van der Waals surface area contributed by atoms with Gasteiger partial charge < -0.3 is 10.2 Å². The van der Waals surface area contributed by atoms with E-state index in [0.29, 0.717) is 18.7 Å². The van der Waals surface area contributed by atoms with Crippen LogP contribution in [0.4, 0.5) is 4.39 Å². The minimum atomic E-state index is -3.34. The van der Waals surface area contributed by atoms with E-state index in [-0.39, 0.29) is 30.4 Å². The molecule has 6 nitrogen and oxygen atoms in total. The summed E-state index contributed by atoms with van der Waals surface area (Å²) in [5, 5.41) is 2.60. The second-order valence-corrected chi connectivity index (χ2v) is 7.76. The van der Waals surface area contributed by atoms with Gasteiger partial charge >= 0.3 is 0 Å². The third kappa shape index (κ3) is 5.56. The predicted octanol–water partition coefficient (Wildman–Crippen LogP) is 0.0616. The lowest BCUT2D eigenvalue weighted by Gasteiger charge is -2.31. The Balaban J connectivity index is 1.75. The number of nitrogens with one attached hydrogen (secondary N) is 1. The number of sulfonamides is 1. The van der Waals surface area contributed by atoms with Crippen molar-refractivity contribution in [2.45, 2.75) is 6.42 Å². The quantitative estimate of drug-likeness (QED) is 0.793. The van der Waals surface area contributed by atoms with E-state index in [0.717, 1.165) is 13.1 Å². The highest BCUT2D eigenvalue weighted by molar-refractivity contribution is 7.89. The normalized spacial score (nSPS) is 17.1. The lowest BCUT2D eigenvalue weighted by atomic mass is 10.1. The van der Waals surface area contributed by atoms with Crippen LogP contribution in [0.25, 0.3) is 0 Å². The number of carbonyl (C=O) groups is 1. The summed E-state index contributed by atoms with van der Waals surface area (Å²) in [6.45, 7) is 2.49. The average molecular weight is 343 g/mol. The maximum absolute atomic E-state index is 12.8. The van der Waals surface area contributed by atoms with Gasteiger partial charge in [-0.3, -0.25) is 4.79 Å². The van der Waals surface area contributed by atoms with E-state index in [1.54, 1.807) is 0 Å². The van der Waals surface area contributed by atoms with E-state index < -0.39 is 10.0 Å². The number of benzene rings is 1. The Hall–Kier alpha value is -1.51. The molecule has 0 spiro atoms. The molecule has 8 heteroatoms. The average Bonchev–Trinajstić information content (AvgIpc) is 2.50. The van der Waals surface area contributed by atoms with Crippen molar-refractivity contribution in [3.63, 3.8) is 0 Å². The Labute approximate surface area is 136 Å². The molecule has 0 radical (unpaired) electrons. The van der Waals surface area contributed by atoms with Crippen molar-refractivity contribution in [3.8, 4) is 0 Å². The number of carbonyl (C=O) groups excluding carboxylic acids is 1. The molecule has 1 fully saturated rings. The molecule has 0 aromatic heterocycles. The first-order chi connectivity index (χ1) is 10.9. The molecular formula is C15H22FN3O3S. The summed E-state index contributed by atoms with van der Waals surface area (Å²) in [4.78, 5) is 13.9. The zero-order chi connectivity index (χ0) is 16.9. The molecule has 0 atom stereocenters. The molecule has 0 bridgehead atoms. The fraction of sp³-hybridized carbons (Fsp3) is 0.533. The number of rotatable bonds is 6. The van der Waals surface area contributed by atoms with Gasteiger partial charge in [-0.05, 0) is 24.7 Å². The van der Waals surface area contributed by atoms with Crippen LogP contribution < -0.4 is 5.32 Å². The van der Waals surface area contributed by atoms with Crippen LogP contribution in [-0.2, 0) is 21.2 Å². The monoisotopic (exact) mass is 343 g/mol. The van der Waals surface area contributed by atoms with Gasteiger partial charge in [0, 0.05) is 32.7 Å². The molecule has 0 aliphatic carbocycles. The van der Waals surface area contributed by atoms with Gasteiger partial charge in [0.25, 0.3) is 0 Å². The minimum Gasteiger partial charge on any atom is -0.355 e. The van der Waals surface area contributed by atoms with E-state index in [1.165, 1.54) is 28.6 Å². The van der Waals surface area contributed by atoms with Gasteiger partial charge in [-0.2, -0.15) is 4.31 Å². The van der Waals surface area contributed by atoms with Gasteiger partial charge in [-0.1, -0.05) is 12.1 Å². The van der Waals surface area contributed by atoms with E-state index >= 15 is 0 Å². The third-order valence-corrected chi connectivity index (χ3v) is 5.69. The summed E-state index contributed by atoms with van der Waals surface area (Å²) >= 11 is 0. The summed E-state index contributed by atoms with van der Waals surface area (Å²) in [5.41, 5.74) is 0.686. The number of amides is 1. The molecule has 0 unspecified atom stereocenters. The first-order valence-corrected chi connectivity index (χ1v) is 9.15. The molecule has 2 rings (SSSR count). The Morgan fingerprint density at radius 2 is 1.78 bits per heavy atom. The Bertz CT molecular complexity index is 626. The van der Waals surface area contributed by atoms with Crippen LogP contribution in [0.3, 0.4) is 0 Å². The molecule has 1 heterocycles. The number of likely N-dealkylation sites (N-methyl/N-ethyl adjacent to an activating group) is 1. The molecule has 0 saturated carbocycles. The molecule has 23 heavy (non-hydrogen) atoms. The summed E-state index contributed by atoms with van der Waals surface area (Å²) in [7, 11) is -1.38. The third-order valence-electron chi connectivity index (χ3n) is 3.82. The molecule has 1 N–H and O–H groups in total. The maximum atomic E-state index is 12.8. The highest BCUT2D eigenvalue weighted by Crippen LogP contribution is 2.06. The second-order valence-electron chi connectivity index (χ2n) is 5.67. The lowest BCUT2D eigenvalue weighted by molar-refractivity contribution is -0.120. The van der Waals surface area contributed by atoms with Gasteiger partial charge in [0.05, 0.1) is 12.2 Å². The van der Waals surface area contributed by atoms with E-state index in [1.807, 2.05) is 7.05 Å². The molecule has 1 aromatic rings. The van der Waals surface area contributed by atoms with Gasteiger partial charge in [-0.15, -0.1) is 0 Å². The molecule has 128 valence electrons. The number of hydrogen-bond donors (Lipinski definition) is 1. The Morgan fingerprint density at radius 3 is 2.39 bits per heavy atom. The van der Waals surface area contributed by atoms with Crippen LogP contribution in [0.1, 0.15) is 5.56 Å². The van der Waals surface area contributed by atoms with Crippen LogP contribution in [0.2, 0.25) is 0 Å². The second kappa shape index (κ2) is 7.85. The van der Waals surface area contributed by atoms with Crippen molar-refractivity contribution in [1.29, 1.82) is 0 Å². The van der Waals surface area contributed by atoms with Crippen molar-refractivity contribution in [2.24, 2.45) is 0 Å². The Morgan fingerprint density at radius 1 is 1.17 bits per heavy atom. The van der Waals surface area contributed by atoms with Crippen molar-refractivity contribution in [3.05, 3.63) is 35.6 Å². The standard InChI is InChI=1S/C15H22FN3O3S/c1-18-7-9-19(10-8-18)23(21,22)11-6-17-15(20)12-13-2-4-14(16)5-3-13/h2-5H,6-12H2,1H3,(H,17,20). The summed E-state index contributed by atoms with van der Waals surface area (Å²) in [6.07, 6.45) is 0.106. The smallest absolute Gasteiger partial charge is 0.224 e. The fourth-order valence-electron chi connectivity index (χ4n) is 2.36. The van der Waals surface area contributed by atoms with Crippen LogP contribution in [0.15, 0.2) is 24.3 Å². The van der Waals surface area contributed by atoms with E-state index in [9.17, 15) is 17.6 Å². The first kappa shape index (κ1) is 17.8. The Kier molecular flexibility index (Phi) is 6.09. The van der Waals surface area contributed by atoms with Crippen LogP contribution in [0.5, 0.6) is 0 Å². The zero-order valence-electron chi connectivity index (χ0n) is 13.2. The lowest BCUT2D eigenvalue weighted by Crippen LogP contribution is -2.48. The summed E-state index contributed by atoms with van der Waals surface area (Å²) in [5.74, 6) is -0.732. The number of hydrogen-bond acceptors (Lipinski definition) is 4. The fourth-order valence-corrected chi connectivity index (χ4v) is 3.70. The SMILES string of the molecule is CN1CCN(S(=O)(=O)CCNC(=O)Cc2ccc(F)cc2)CC1. The van der Waals surface area contributed by atoms with Crippen LogP contribution in [0, 0.1) is 5.82 Å². The van der Waals surface area contributed by atoms with Crippen LogP contribution in [-0.4, -0.2) is 69.1 Å². The molecule has 1 aliphatic heterocycles. The predicted molar refractivity (Wildman–Crippen MR) is 86.0 cm³/mol. The van der Waals surface area contributed by atoms with E-state index in [2.05, 4.69) is 10.2 Å².